The molecule has 0 aliphatic carbocycles. The normalized spacial score (nSPS) is 20.1. The van der Waals surface area contributed by atoms with Crippen LogP contribution in [-0.4, -0.2) is 91.6 Å². The molecule has 0 aromatic heterocycles. The van der Waals surface area contributed by atoms with Crippen LogP contribution in [0.25, 0.3) is 0 Å². The Morgan fingerprint density at radius 3 is 2.62 bits per heavy atom. The van der Waals surface area contributed by atoms with E-state index in [1.807, 2.05) is 41.5 Å². The number of hydrogen-bond acceptors (Lipinski definition) is 4. The Hall–Kier alpha value is -2.35. The van der Waals surface area contributed by atoms with E-state index >= 15 is 0 Å². The van der Waals surface area contributed by atoms with Gasteiger partial charge in [-0.05, 0) is 57.7 Å². The van der Waals surface area contributed by atoms with Crippen LogP contribution in [0, 0.1) is 12.7 Å². The fourth-order valence-corrected chi connectivity index (χ4v) is 4.64. The van der Waals surface area contributed by atoms with Crippen molar-refractivity contribution >= 4 is 17.6 Å². The summed E-state index contributed by atoms with van der Waals surface area (Å²) in [5.74, 6) is -0.0620. The second-order valence-electron chi connectivity index (χ2n) is 8.87. The molecule has 2 heterocycles. The predicted molar refractivity (Wildman–Crippen MR) is 125 cm³/mol. The van der Waals surface area contributed by atoms with E-state index in [2.05, 4.69) is 10.2 Å². The number of amides is 3. The van der Waals surface area contributed by atoms with Crippen LogP contribution in [0.2, 0.25) is 0 Å². The van der Waals surface area contributed by atoms with Gasteiger partial charge >= 0.3 is 6.03 Å². The minimum Gasteiger partial charge on any atom is -0.367 e. The molecule has 1 N–H and O–H groups in total. The summed E-state index contributed by atoms with van der Waals surface area (Å²) in [6.45, 7) is 12.0. The van der Waals surface area contributed by atoms with Gasteiger partial charge in [0.05, 0.1) is 12.2 Å². The maximum atomic E-state index is 14.3. The van der Waals surface area contributed by atoms with Crippen molar-refractivity contribution in [1.82, 2.24) is 20.0 Å². The molecule has 1 atom stereocenters. The number of hydrogen-bond donors (Lipinski definition) is 1. The summed E-state index contributed by atoms with van der Waals surface area (Å²) in [6, 6.07) is 5.11. The Labute approximate surface area is 191 Å². The number of anilines is 1. The number of carbonyl (C=O) groups is 2. The van der Waals surface area contributed by atoms with E-state index in [0.717, 1.165) is 51.0 Å². The largest absolute Gasteiger partial charge is 0.367 e. The molecule has 7 nitrogen and oxygen atoms in total. The highest BCUT2D eigenvalue weighted by Crippen LogP contribution is 2.24. The number of aryl methyl sites for hydroxylation is 1. The average Bonchev–Trinajstić information content (AvgIpc) is 3.02. The lowest BCUT2D eigenvalue weighted by Gasteiger charge is -2.36. The van der Waals surface area contributed by atoms with Crippen molar-refractivity contribution in [3.8, 4) is 0 Å². The van der Waals surface area contributed by atoms with Crippen molar-refractivity contribution in [2.24, 2.45) is 0 Å². The number of likely N-dealkylation sites (N-methyl/N-ethyl adjacent to an activating group) is 1. The van der Waals surface area contributed by atoms with Gasteiger partial charge in [0.1, 0.15) is 5.82 Å². The van der Waals surface area contributed by atoms with E-state index in [-0.39, 0.29) is 23.8 Å². The second-order valence-corrected chi connectivity index (χ2v) is 8.87. The fourth-order valence-electron chi connectivity index (χ4n) is 4.64. The first-order valence-electron chi connectivity index (χ1n) is 12.0. The van der Waals surface area contributed by atoms with Crippen LogP contribution in [0.15, 0.2) is 18.2 Å². The van der Waals surface area contributed by atoms with Gasteiger partial charge in [0.2, 0.25) is 5.91 Å². The van der Waals surface area contributed by atoms with Crippen molar-refractivity contribution in [3.05, 3.63) is 29.6 Å². The molecule has 178 valence electrons. The number of piperidine rings is 1. The Bertz CT molecular complexity index is 786. The van der Waals surface area contributed by atoms with E-state index in [1.165, 1.54) is 6.07 Å². The Kier molecular flexibility index (Phi) is 8.73. The molecule has 1 unspecified atom stereocenters. The minimum atomic E-state index is -0.213. The maximum Gasteiger partial charge on any atom is 0.317 e. The third-order valence-corrected chi connectivity index (χ3v) is 6.54. The molecule has 3 amide bonds. The zero-order valence-electron chi connectivity index (χ0n) is 19.8. The van der Waals surface area contributed by atoms with Gasteiger partial charge in [-0.25, -0.2) is 9.18 Å². The number of nitrogens with one attached hydrogen (secondary N) is 1. The zero-order chi connectivity index (χ0) is 23.1. The summed E-state index contributed by atoms with van der Waals surface area (Å²) in [7, 11) is 0. The molecule has 0 spiro atoms. The lowest BCUT2D eigenvalue weighted by molar-refractivity contribution is -0.132. The van der Waals surface area contributed by atoms with Gasteiger partial charge in [-0.2, -0.15) is 0 Å². The first-order chi connectivity index (χ1) is 15.4. The van der Waals surface area contributed by atoms with Crippen LogP contribution in [0.4, 0.5) is 14.9 Å². The molecule has 0 bridgehead atoms. The summed E-state index contributed by atoms with van der Waals surface area (Å²) in [6.07, 6.45) is 2.66. The molecule has 0 saturated carbocycles. The first-order valence-corrected chi connectivity index (χ1v) is 12.0. The molecule has 1 aromatic carbocycles. The molecule has 2 fully saturated rings. The van der Waals surface area contributed by atoms with Crippen LogP contribution in [-0.2, 0) is 4.79 Å². The van der Waals surface area contributed by atoms with E-state index in [0.29, 0.717) is 38.4 Å². The number of halogens is 1. The van der Waals surface area contributed by atoms with E-state index < -0.39 is 0 Å². The molecule has 1 aromatic rings. The van der Waals surface area contributed by atoms with Gasteiger partial charge in [-0.1, -0.05) is 6.07 Å². The molecule has 8 heteroatoms. The van der Waals surface area contributed by atoms with Crippen LogP contribution in [0.5, 0.6) is 0 Å². The van der Waals surface area contributed by atoms with Gasteiger partial charge < -0.3 is 20.0 Å². The SMILES string of the molecule is CCN(CC)C(=O)CN1CCCN(C(=O)NC2CCCN(c3cc(C)ccc3F)C2)CC1. The standard InChI is InChI=1S/C24H38FN5O2/c1-4-28(5-2)23(31)18-27-11-7-13-29(15-14-27)24(32)26-20-8-6-12-30(17-20)22-16-19(3)9-10-21(22)25/h9-10,16,20H,4-8,11-15,17-18H2,1-3H3,(H,26,32). The highest BCUT2D eigenvalue weighted by Gasteiger charge is 2.27. The number of urea groups is 1. The van der Waals surface area contributed by atoms with Crippen molar-refractivity contribution in [2.75, 3.05) is 63.8 Å². The summed E-state index contributed by atoms with van der Waals surface area (Å²) < 4.78 is 14.3. The topological polar surface area (TPSA) is 59.1 Å². The average molecular weight is 448 g/mol. The highest BCUT2D eigenvalue weighted by molar-refractivity contribution is 5.78. The highest BCUT2D eigenvalue weighted by atomic mass is 19.1. The van der Waals surface area contributed by atoms with E-state index in [9.17, 15) is 14.0 Å². The zero-order valence-corrected chi connectivity index (χ0v) is 19.8. The molecule has 0 radical (unpaired) electrons. The molecular formula is C24H38FN5O2. The van der Waals surface area contributed by atoms with Gasteiger partial charge in [-0.15, -0.1) is 0 Å². The number of rotatable bonds is 6. The minimum absolute atomic E-state index is 0.000220. The van der Waals surface area contributed by atoms with E-state index in [4.69, 9.17) is 0 Å². The van der Waals surface area contributed by atoms with Crippen LogP contribution >= 0.6 is 0 Å². The number of nitrogens with zero attached hydrogens (tertiary/aromatic N) is 4. The lowest BCUT2D eigenvalue weighted by atomic mass is 10.0. The predicted octanol–water partition coefficient (Wildman–Crippen LogP) is 2.69. The van der Waals surface area contributed by atoms with Crippen molar-refractivity contribution in [1.29, 1.82) is 0 Å². The molecule has 2 saturated heterocycles. The van der Waals surface area contributed by atoms with Gasteiger partial charge in [0, 0.05) is 58.4 Å². The summed E-state index contributed by atoms with van der Waals surface area (Å²) >= 11 is 0. The monoisotopic (exact) mass is 447 g/mol. The molecule has 3 rings (SSSR count). The Balaban J connectivity index is 1.51. The Morgan fingerprint density at radius 1 is 1.09 bits per heavy atom. The first kappa shape index (κ1) is 24.3. The molecule has 2 aliphatic rings. The maximum absolute atomic E-state index is 14.3. The molecule has 32 heavy (non-hydrogen) atoms. The number of benzene rings is 1. The molecule has 2 aliphatic heterocycles. The van der Waals surface area contributed by atoms with Gasteiger partial charge in [0.15, 0.2) is 0 Å². The quantitative estimate of drug-likeness (QED) is 0.729. The fraction of sp³-hybridized carbons (Fsp3) is 0.667. The Morgan fingerprint density at radius 2 is 1.88 bits per heavy atom. The summed E-state index contributed by atoms with van der Waals surface area (Å²) in [5.41, 5.74) is 1.65. The van der Waals surface area contributed by atoms with Crippen LogP contribution < -0.4 is 10.2 Å². The van der Waals surface area contributed by atoms with Gasteiger partial charge in [-0.3, -0.25) is 9.69 Å². The third-order valence-electron chi connectivity index (χ3n) is 6.54. The van der Waals surface area contributed by atoms with Crippen LogP contribution in [0.1, 0.15) is 38.7 Å². The summed E-state index contributed by atoms with van der Waals surface area (Å²) in [4.78, 5) is 33.3. The van der Waals surface area contributed by atoms with Crippen LogP contribution in [0.3, 0.4) is 0 Å². The number of carbonyl (C=O) groups excluding carboxylic acids is 2. The third kappa shape index (κ3) is 6.34. The lowest BCUT2D eigenvalue weighted by Crippen LogP contribution is -2.52. The summed E-state index contributed by atoms with van der Waals surface area (Å²) in [5, 5.41) is 3.17. The van der Waals surface area contributed by atoms with E-state index in [1.54, 1.807) is 6.07 Å². The molecular weight excluding hydrogens is 409 g/mol. The van der Waals surface area contributed by atoms with Crippen molar-refractivity contribution in [3.63, 3.8) is 0 Å². The smallest absolute Gasteiger partial charge is 0.317 e. The van der Waals surface area contributed by atoms with Crippen molar-refractivity contribution < 1.29 is 14.0 Å². The van der Waals surface area contributed by atoms with Gasteiger partial charge in [0.25, 0.3) is 0 Å². The van der Waals surface area contributed by atoms with Crippen molar-refractivity contribution in [2.45, 2.75) is 46.1 Å². The second kappa shape index (κ2) is 11.5.